The number of benzene rings is 2. The van der Waals surface area contributed by atoms with E-state index in [9.17, 15) is 9.59 Å². The lowest BCUT2D eigenvalue weighted by Crippen LogP contribution is -2.27. The first-order valence-corrected chi connectivity index (χ1v) is 8.55. The lowest BCUT2D eigenvalue weighted by molar-refractivity contribution is -0.123. The second-order valence-electron chi connectivity index (χ2n) is 5.15. The Hall–Kier alpha value is -2.30. The van der Waals surface area contributed by atoms with Crippen molar-refractivity contribution in [2.24, 2.45) is 0 Å². The Morgan fingerprint density at radius 3 is 2.46 bits per heavy atom. The van der Waals surface area contributed by atoms with Crippen LogP contribution in [0.3, 0.4) is 0 Å². The van der Waals surface area contributed by atoms with Crippen LogP contribution in [-0.2, 0) is 11.3 Å². The molecule has 0 atom stereocenters. The molecule has 0 bridgehead atoms. The molecule has 1 heterocycles. The first kappa shape index (κ1) is 16.6. The van der Waals surface area contributed by atoms with Crippen molar-refractivity contribution < 1.29 is 9.59 Å². The molecule has 0 spiro atoms. The van der Waals surface area contributed by atoms with Crippen LogP contribution in [0.1, 0.15) is 11.1 Å². The maximum atomic E-state index is 12.4. The fourth-order valence-electron chi connectivity index (χ4n) is 2.26. The van der Waals surface area contributed by atoms with Gasteiger partial charge in [0.15, 0.2) is 0 Å². The molecule has 0 aliphatic carbocycles. The van der Waals surface area contributed by atoms with Crippen LogP contribution < -0.4 is 0 Å². The van der Waals surface area contributed by atoms with Gasteiger partial charge in [0, 0.05) is 5.02 Å². The standard InChI is InChI=1S/C19H14ClNO2S/c20-16-11-5-4-10-15(16)13-21-18(22)17(24-19(21)23)12-6-9-14-7-2-1-3-8-14/h1-12H,13H2/b9-6+,17-12-. The molecule has 1 saturated heterocycles. The van der Waals surface area contributed by atoms with Crippen molar-refractivity contribution in [2.75, 3.05) is 0 Å². The molecule has 120 valence electrons. The van der Waals surface area contributed by atoms with Crippen molar-refractivity contribution in [2.45, 2.75) is 6.54 Å². The summed E-state index contributed by atoms with van der Waals surface area (Å²) in [5.41, 5.74) is 1.78. The van der Waals surface area contributed by atoms with Crippen LogP contribution >= 0.6 is 23.4 Å². The minimum absolute atomic E-state index is 0.185. The molecule has 24 heavy (non-hydrogen) atoms. The highest BCUT2D eigenvalue weighted by Gasteiger charge is 2.34. The van der Waals surface area contributed by atoms with E-state index in [2.05, 4.69) is 0 Å². The third-order valence-corrected chi connectivity index (χ3v) is 4.79. The number of rotatable bonds is 4. The predicted molar refractivity (Wildman–Crippen MR) is 98.5 cm³/mol. The average Bonchev–Trinajstić information content (AvgIpc) is 2.85. The topological polar surface area (TPSA) is 37.4 Å². The lowest BCUT2D eigenvalue weighted by Gasteiger charge is -2.13. The van der Waals surface area contributed by atoms with Crippen LogP contribution in [0, 0.1) is 0 Å². The quantitative estimate of drug-likeness (QED) is 0.713. The Bertz CT molecular complexity index is 830. The van der Waals surface area contributed by atoms with Crippen molar-refractivity contribution in [3.05, 3.63) is 87.8 Å². The molecular formula is C19H14ClNO2S. The van der Waals surface area contributed by atoms with Crippen LogP contribution in [0.25, 0.3) is 6.08 Å². The number of amides is 2. The summed E-state index contributed by atoms with van der Waals surface area (Å²) in [5.74, 6) is -0.289. The average molecular weight is 356 g/mol. The van der Waals surface area contributed by atoms with Gasteiger partial charge < -0.3 is 0 Å². The second-order valence-corrected chi connectivity index (χ2v) is 6.55. The van der Waals surface area contributed by atoms with Crippen molar-refractivity contribution in [3.63, 3.8) is 0 Å². The molecule has 5 heteroatoms. The Kier molecular flexibility index (Phi) is 5.18. The molecule has 2 amide bonds. The Morgan fingerprint density at radius 2 is 1.71 bits per heavy atom. The van der Waals surface area contributed by atoms with E-state index in [4.69, 9.17) is 11.6 Å². The van der Waals surface area contributed by atoms with E-state index < -0.39 is 0 Å². The summed E-state index contributed by atoms with van der Waals surface area (Å²) in [5, 5.41) is 0.267. The number of hydrogen-bond donors (Lipinski definition) is 0. The van der Waals surface area contributed by atoms with Gasteiger partial charge in [-0.1, -0.05) is 72.3 Å². The molecule has 0 radical (unpaired) electrons. The number of allylic oxidation sites excluding steroid dienone is 2. The number of nitrogens with zero attached hydrogens (tertiary/aromatic N) is 1. The number of halogens is 1. The van der Waals surface area contributed by atoms with E-state index in [1.54, 1.807) is 18.2 Å². The summed E-state index contributed by atoms with van der Waals surface area (Å²) in [6, 6.07) is 17.0. The molecule has 1 aliphatic rings. The number of hydrogen-bond acceptors (Lipinski definition) is 3. The third kappa shape index (κ3) is 3.78. The molecule has 0 saturated carbocycles. The molecule has 3 nitrogen and oxygen atoms in total. The van der Waals surface area contributed by atoms with E-state index in [1.165, 1.54) is 4.90 Å². The fraction of sp³-hybridized carbons (Fsp3) is 0.0526. The largest absolute Gasteiger partial charge is 0.293 e. The zero-order chi connectivity index (χ0) is 16.9. The number of carbonyl (C=O) groups excluding carboxylic acids is 2. The van der Waals surface area contributed by atoms with Gasteiger partial charge >= 0.3 is 0 Å². The zero-order valence-corrected chi connectivity index (χ0v) is 14.3. The summed E-state index contributed by atoms with van der Waals surface area (Å²) in [6.07, 6.45) is 5.34. The van der Waals surface area contributed by atoms with Gasteiger partial charge in [0.25, 0.3) is 11.1 Å². The van der Waals surface area contributed by atoms with Crippen LogP contribution in [0.5, 0.6) is 0 Å². The highest BCUT2D eigenvalue weighted by molar-refractivity contribution is 8.18. The highest BCUT2D eigenvalue weighted by atomic mass is 35.5. The van der Waals surface area contributed by atoms with Gasteiger partial charge in [-0.25, -0.2) is 0 Å². The number of carbonyl (C=O) groups is 2. The zero-order valence-electron chi connectivity index (χ0n) is 12.7. The van der Waals surface area contributed by atoms with Gasteiger partial charge in [-0.2, -0.15) is 0 Å². The smallest absolute Gasteiger partial charge is 0.268 e. The minimum Gasteiger partial charge on any atom is -0.268 e. The summed E-state index contributed by atoms with van der Waals surface area (Å²) < 4.78 is 0. The molecule has 3 rings (SSSR count). The van der Waals surface area contributed by atoms with Crippen molar-refractivity contribution in [1.29, 1.82) is 0 Å². The maximum Gasteiger partial charge on any atom is 0.293 e. The van der Waals surface area contributed by atoms with Crippen LogP contribution in [0.15, 0.2) is 71.7 Å². The number of thioether (sulfide) groups is 1. The van der Waals surface area contributed by atoms with Crippen molar-refractivity contribution in [1.82, 2.24) is 4.90 Å². The monoisotopic (exact) mass is 355 g/mol. The summed E-state index contributed by atoms with van der Waals surface area (Å²) in [7, 11) is 0. The highest BCUT2D eigenvalue weighted by Crippen LogP contribution is 2.32. The predicted octanol–water partition coefficient (Wildman–Crippen LogP) is 5.13. The third-order valence-electron chi connectivity index (χ3n) is 3.50. The van der Waals surface area contributed by atoms with E-state index in [0.717, 1.165) is 22.9 Å². The SMILES string of the molecule is O=C1S/C(=C\C=C\c2ccccc2)C(=O)N1Cc1ccccc1Cl. The fourth-order valence-corrected chi connectivity index (χ4v) is 3.24. The summed E-state index contributed by atoms with van der Waals surface area (Å²) >= 11 is 7.05. The molecule has 0 aromatic heterocycles. The first-order valence-electron chi connectivity index (χ1n) is 7.35. The van der Waals surface area contributed by atoms with Gasteiger partial charge in [0.1, 0.15) is 0 Å². The van der Waals surface area contributed by atoms with Gasteiger partial charge in [-0.05, 0) is 35.0 Å². The molecule has 0 unspecified atom stereocenters. The van der Waals surface area contributed by atoms with Crippen molar-refractivity contribution >= 4 is 40.6 Å². The molecule has 2 aromatic rings. The Morgan fingerprint density at radius 1 is 1.00 bits per heavy atom. The van der Waals surface area contributed by atoms with Gasteiger partial charge in [0.2, 0.25) is 0 Å². The Labute approximate surface area is 149 Å². The minimum atomic E-state index is -0.289. The van der Waals surface area contributed by atoms with Gasteiger partial charge in [-0.15, -0.1) is 0 Å². The first-order chi connectivity index (χ1) is 11.6. The van der Waals surface area contributed by atoms with Gasteiger partial charge in [0.05, 0.1) is 11.4 Å². The van der Waals surface area contributed by atoms with E-state index >= 15 is 0 Å². The summed E-state index contributed by atoms with van der Waals surface area (Å²) in [4.78, 5) is 26.1. The van der Waals surface area contributed by atoms with Gasteiger partial charge in [-0.3, -0.25) is 14.5 Å². The Balaban J connectivity index is 1.73. The molecule has 2 aromatic carbocycles. The molecule has 1 aliphatic heterocycles. The van der Waals surface area contributed by atoms with Crippen molar-refractivity contribution in [3.8, 4) is 0 Å². The molecular weight excluding hydrogens is 342 g/mol. The van der Waals surface area contributed by atoms with E-state index in [1.807, 2.05) is 54.6 Å². The summed E-state index contributed by atoms with van der Waals surface area (Å²) in [6.45, 7) is 0.185. The number of imide groups is 1. The van der Waals surface area contributed by atoms with Crippen LogP contribution in [-0.4, -0.2) is 16.0 Å². The normalized spacial score (nSPS) is 16.5. The second kappa shape index (κ2) is 7.51. The lowest BCUT2D eigenvalue weighted by atomic mass is 10.2. The van der Waals surface area contributed by atoms with Crippen LogP contribution in [0.2, 0.25) is 5.02 Å². The van der Waals surface area contributed by atoms with Crippen LogP contribution in [0.4, 0.5) is 4.79 Å². The van der Waals surface area contributed by atoms with E-state index in [0.29, 0.717) is 9.93 Å². The van der Waals surface area contributed by atoms with E-state index in [-0.39, 0.29) is 17.7 Å². The molecule has 1 fully saturated rings. The molecule has 0 N–H and O–H groups in total. The maximum absolute atomic E-state index is 12.4.